The Hall–Kier alpha value is -1.87. The fourth-order valence-corrected chi connectivity index (χ4v) is 3.79. The van der Waals surface area contributed by atoms with Gasteiger partial charge in [0.1, 0.15) is 0 Å². The van der Waals surface area contributed by atoms with Gasteiger partial charge in [-0.1, -0.05) is 31.9 Å². The smallest absolute Gasteiger partial charge is 0.226 e. The van der Waals surface area contributed by atoms with Crippen LogP contribution >= 0.6 is 43.5 Å². The molecule has 9 heteroatoms. The summed E-state index contributed by atoms with van der Waals surface area (Å²) in [6.07, 6.45) is 3.58. The number of halogens is 3. The van der Waals surface area contributed by atoms with Crippen LogP contribution in [0.2, 0.25) is 5.28 Å². The van der Waals surface area contributed by atoms with Gasteiger partial charge in [-0.05, 0) is 48.0 Å². The van der Waals surface area contributed by atoms with Crippen LogP contribution in [-0.2, 0) is 4.74 Å². The highest BCUT2D eigenvalue weighted by molar-refractivity contribution is 9.10. The maximum atomic E-state index is 5.62. The third-order valence-corrected chi connectivity index (χ3v) is 5.50. The summed E-state index contributed by atoms with van der Waals surface area (Å²) in [5.41, 5.74) is 1.84. The van der Waals surface area contributed by atoms with E-state index in [0.717, 1.165) is 63.0 Å². The minimum absolute atomic E-state index is 0.282. The predicted molar refractivity (Wildman–Crippen MR) is 123 cm³/mol. The third-order valence-electron chi connectivity index (χ3n) is 4.34. The Morgan fingerprint density at radius 1 is 0.828 bits per heavy atom. The van der Waals surface area contributed by atoms with E-state index in [0.29, 0.717) is 0 Å². The Morgan fingerprint density at radius 3 is 2.07 bits per heavy atom. The first-order valence-electron chi connectivity index (χ1n) is 8.91. The van der Waals surface area contributed by atoms with E-state index in [2.05, 4.69) is 56.7 Å². The number of aromatic nitrogens is 4. The van der Waals surface area contributed by atoms with E-state index < -0.39 is 0 Å². The largest absolute Gasteiger partial charge is 0.378 e. The molecule has 3 heterocycles. The number of anilines is 1. The van der Waals surface area contributed by atoms with E-state index in [1.54, 1.807) is 6.20 Å². The molecule has 0 bridgehead atoms. The molecule has 0 aliphatic carbocycles. The van der Waals surface area contributed by atoms with Gasteiger partial charge in [-0.15, -0.1) is 0 Å². The first-order chi connectivity index (χ1) is 14.1. The molecule has 6 nitrogen and oxygen atoms in total. The number of ether oxygens (including phenoxy) is 1. The normalized spacial score (nSPS) is 14.0. The Labute approximate surface area is 189 Å². The zero-order chi connectivity index (χ0) is 20.2. The minimum atomic E-state index is 0.282. The molecule has 0 unspecified atom stereocenters. The fourth-order valence-electron chi connectivity index (χ4n) is 2.89. The van der Waals surface area contributed by atoms with Gasteiger partial charge >= 0.3 is 0 Å². The van der Waals surface area contributed by atoms with Crippen LogP contribution in [0.15, 0.2) is 57.7 Å². The molecule has 0 amide bonds. The van der Waals surface area contributed by atoms with E-state index in [4.69, 9.17) is 16.3 Å². The van der Waals surface area contributed by atoms with Gasteiger partial charge in [-0.2, -0.15) is 0 Å². The van der Waals surface area contributed by atoms with E-state index in [1.165, 1.54) is 0 Å². The summed E-state index contributed by atoms with van der Waals surface area (Å²) in [7, 11) is 0. The summed E-state index contributed by atoms with van der Waals surface area (Å²) < 4.78 is 7.38. The van der Waals surface area contributed by atoms with Crippen molar-refractivity contribution < 1.29 is 4.74 Å². The van der Waals surface area contributed by atoms with Crippen molar-refractivity contribution >= 4 is 71.2 Å². The average molecular weight is 538 g/mol. The maximum absolute atomic E-state index is 5.62. The summed E-state index contributed by atoms with van der Waals surface area (Å²) in [6, 6.07) is 11.8. The van der Waals surface area contributed by atoms with Crippen molar-refractivity contribution in [3.8, 4) is 0 Å². The summed E-state index contributed by atoms with van der Waals surface area (Å²) >= 11 is 12.4. The van der Waals surface area contributed by atoms with Crippen molar-refractivity contribution in [3.63, 3.8) is 0 Å². The molecule has 0 radical (unpaired) electrons. The van der Waals surface area contributed by atoms with Crippen molar-refractivity contribution in [2.45, 2.75) is 0 Å². The molecule has 1 saturated heterocycles. The fraction of sp³-hybridized carbons (Fsp3) is 0.200. The van der Waals surface area contributed by atoms with E-state index in [1.807, 2.05) is 42.6 Å². The first-order valence-corrected chi connectivity index (χ1v) is 10.9. The standard InChI is InChI=1S/C12H12BrN3O.C8H4BrClN2/c13-10-1-2-11-9(7-10)8-14-12(15-11)16-3-5-17-6-4-16;9-6-1-2-7-5(3-6)4-11-8(10)12-7/h1-2,7-8H,3-6H2;1-4H. The molecule has 0 spiro atoms. The van der Waals surface area contributed by atoms with Gasteiger partial charge in [0.25, 0.3) is 0 Å². The van der Waals surface area contributed by atoms with Gasteiger partial charge in [-0.25, -0.2) is 19.9 Å². The second kappa shape index (κ2) is 9.30. The van der Waals surface area contributed by atoms with E-state index in [9.17, 15) is 0 Å². The van der Waals surface area contributed by atoms with Crippen molar-refractivity contribution in [2.75, 3.05) is 31.2 Å². The third kappa shape index (κ3) is 5.19. The Balaban J connectivity index is 0.000000150. The molecule has 1 aliphatic rings. The SMILES string of the molecule is Brc1ccc2nc(N3CCOCC3)ncc2c1.Clc1ncc2cc(Br)ccc2n1. The van der Waals surface area contributed by atoms with Crippen LogP contribution in [0.5, 0.6) is 0 Å². The van der Waals surface area contributed by atoms with Crippen molar-refractivity contribution in [1.82, 2.24) is 19.9 Å². The van der Waals surface area contributed by atoms with Gasteiger partial charge in [0.05, 0.1) is 24.2 Å². The molecule has 5 rings (SSSR count). The molecule has 2 aromatic heterocycles. The van der Waals surface area contributed by atoms with E-state index >= 15 is 0 Å². The first kappa shape index (κ1) is 20.4. The monoisotopic (exact) mass is 535 g/mol. The highest BCUT2D eigenvalue weighted by Gasteiger charge is 2.13. The van der Waals surface area contributed by atoms with Gasteiger partial charge in [0, 0.05) is 45.2 Å². The average Bonchev–Trinajstić information content (AvgIpc) is 2.75. The van der Waals surface area contributed by atoms with Crippen LogP contribution in [0.4, 0.5) is 5.95 Å². The lowest BCUT2D eigenvalue weighted by atomic mass is 10.2. The lowest BCUT2D eigenvalue weighted by molar-refractivity contribution is 0.122. The van der Waals surface area contributed by atoms with E-state index in [-0.39, 0.29) is 5.28 Å². The van der Waals surface area contributed by atoms with Crippen molar-refractivity contribution in [2.24, 2.45) is 0 Å². The molecular formula is C20H16Br2ClN5O. The molecule has 4 aromatic rings. The second-order valence-corrected chi connectivity index (χ2v) is 8.48. The van der Waals surface area contributed by atoms with Crippen LogP contribution in [-0.4, -0.2) is 46.2 Å². The number of morpholine rings is 1. The molecular weight excluding hydrogens is 522 g/mol. The number of benzene rings is 2. The van der Waals surface area contributed by atoms with Crippen LogP contribution in [0.3, 0.4) is 0 Å². The molecule has 0 atom stereocenters. The van der Waals surface area contributed by atoms with Crippen LogP contribution in [0.1, 0.15) is 0 Å². The highest BCUT2D eigenvalue weighted by Crippen LogP contribution is 2.20. The Kier molecular flexibility index (Phi) is 6.54. The number of rotatable bonds is 1. The minimum Gasteiger partial charge on any atom is -0.378 e. The Bertz CT molecular complexity index is 1110. The molecule has 0 saturated carbocycles. The maximum Gasteiger partial charge on any atom is 0.226 e. The lowest BCUT2D eigenvalue weighted by Gasteiger charge is -2.26. The van der Waals surface area contributed by atoms with Crippen LogP contribution in [0.25, 0.3) is 21.8 Å². The lowest BCUT2D eigenvalue weighted by Crippen LogP contribution is -2.37. The van der Waals surface area contributed by atoms with Gasteiger partial charge in [0.15, 0.2) is 0 Å². The zero-order valence-electron chi connectivity index (χ0n) is 15.2. The topological polar surface area (TPSA) is 64.0 Å². The molecule has 148 valence electrons. The van der Waals surface area contributed by atoms with Gasteiger partial charge in [-0.3, -0.25) is 0 Å². The predicted octanol–water partition coefficient (Wildman–Crippen LogP) is 5.27. The molecule has 1 aliphatic heterocycles. The number of fused-ring (bicyclic) bond motifs is 2. The van der Waals surface area contributed by atoms with Crippen LogP contribution < -0.4 is 4.90 Å². The zero-order valence-corrected chi connectivity index (χ0v) is 19.2. The summed E-state index contributed by atoms with van der Waals surface area (Å²) in [6.45, 7) is 3.23. The molecule has 29 heavy (non-hydrogen) atoms. The number of hydrogen-bond acceptors (Lipinski definition) is 6. The number of hydrogen-bond donors (Lipinski definition) is 0. The highest BCUT2D eigenvalue weighted by atomic mass is 79.9. The second-order valence-electron chi connectivity index (χ2n) is 6.31. The summed E-state index contributed by atoms with van der Waals surface area (Å²) in [4.78, 5) is 19.1. The van der Waals surface area contributed by atoms with Crippen molar-refractivity contribution in [3.05, 3.63) is 63.0 Å². The van der Waals surface area contributed by atoms with Crippen LogP contribution in [0, 0.1) is 0 Å². The summed E-state index contributed by atoms with van der Waals surface area (Å²) in [5.74, 6) is 0.795. The quantitative estimate of drug-likeness (QED) is 0.308. The van der Waals surface area contributed by atoms with Gasteiger partial charge < -0.3 is 9.64 Å². The van der Waals surface area contributed by atoms with Crippen molar-refractivity contribution in [1.29, 1.82) is 0 Å². The summed E-state index contributed by atoms with van der Waals surface area (Å²) in [5, 5.41) is 2.31. The van der Waals surface area contributed by atoms with Gasteiger partial charge in [0.2, 0.25) is 11.2 Å². The number of nitrogens with zero attached hydrogens (tertiary/aromatic N) is 5. The molecule has 1 fully saturated rings. The molecule has 0 N–H and O–H groups in total. The Morgan fingerprint density at radius 2 is 1.41 bits per heavy atom. The molecule has 2 aromatic carbocycles.